The summed E-state index contributed by atoms with van der Waals surface area (Å²) in [5, 5.41) is 6.53. The van der Waals surface area contributed by atoms with Crippen LogP contribution in [0.4, 0.5) is 0 Å². The van der Waals surface area contributed by atoms with Crippen molar-refractivity contribution >= 4 is 35.9 Å². The van der Waals surface area contributed by atoms with Crippen LogP contribution in [-0.2, 0) is 24.3 Å². The van der Waals surface area contributed by atoms with E-state index in [1.807, 2.05) is 66.7 Å². The van der Waals surface area contributed by atoms with Crippen molar-refractivity contribution in [3.63, 3.8) is 0 Å². The van der Waals surface area contributed by atoms with E-state index in [2.05, 4.69) is 20.6 Å². The third-order valence-corrected chi connectivity index (χ3v) is 4.46. The summed E-state index contributed by atoms with van der Waals surface area (Å²) in [6.45, 7) is 1.53. The molecule has 0 unspecified atom stereocenters. The molecule has 0 atom stereocenters. The highest BCUT2D eigenvalue weighted by atomic mass is 127. The minimum absolute atomic E-state index is 0. The molecule has 0 fully saturated rings. The van der Waals surface area contributed by atoms with E-state index in [4.69, 9.17) is 4.74 Å². The number of carbonyl (C=O) groups excluding carboxylic acids is 1. The number of aliphatic imine (C=N–C) groups is 1. The maximum Gasteiger partial charge on any atom is 0.338 e. The average molecular weight is 530 g/mol. The summed E-state index contributed by atoms with van der Waals surface area (Å²) in [4.78, 5) is 20.9. The maximum atomic E-state index is 12.4. The van der Waals surface area contributed by atoms with E-state index in [9.17, 15) is 4.79 Å². The summed E-state index contributed by atoms with van der Waals surface area (Å²) in [6.07, 6.45) is 2.60. The number of ether oxygens (including phenoxy) is 1. The van der Waals surface area contributed by atoms with Gasteiger partial charge in [-0.2, -0.15) is 0 Å². The summed E-state index contributed by atoms with van der Waals surface area (Å²) in [6, 6.07) is 22.9. The van der Waals surface area contributed by atoms with Gasteiger partial charge in [-0.05, 0) is 35.4 Å². The summed E-state index contributed by atoms with van der Waals surface area (Å²) >= 11 is 0. The van der Waals surface area contributed by atoms with Crippen LogP contribution in [0, 0.1) is 0 Å². The highest BCUT2D eigenvalue weighted by molar-refractivity contribution is 14.0. The number of carbonyl (C=O) groups is 1. The first-order chi connectivity index (χ1) is 14.7. The van der Waals surface area contributed by atoms with Crippen LogP contribution in [0.3, 0.4) is 0 Å². The number of pyridine rings is 1. The topological polar surface area (TPSA) is 75.6 Å². The van der Waals surface area contributed by atoms with Crippen molar-refractivity contribution in [2.24, 2.45) is 4.99 Å². The number of esters is 1. The van der Waals surface area contributed by atoms with Gasteiger partial charge in [-0.3, -0.25) is 9.98 Å². The molecule has 3 rings (SSSR count). The number of hydrogen-bond acceptors (Lipinski definition) is 4. The van der Waals surface area contributed by atoms with Crippen LogP contribution in [0.25, 0.3) is 0 Å². The summed E-state index contributed by atoms with van der Waals surface area (Å²) in [7, 11) is 1.73. The van der Waals surface area contributed by atoms with Gasteiger partial charge in [-0.25, -0.2) is 4.79 Å². The highest BCUT2D eigenvalue weighted by Crippen LogP contribution is 2.09. The monoisotopic (exact) mass is 530 g/mol. The van der Waals surface area contributed by atoms with Gasteiger partial charge in [0.2, 0.25) is 0 Å². The Balaban J connectivity index is 0.00000341. The molecule has 0 bridgehead atoms. The predicted molar refractivity (Wildman–Crippen MR) is 134 cm³/mol. The molecule has 6 nitrogen and oxygen atoms in total. The molecule has 0 saturated carbocycles. The van der Waals surface area contributed by atoms with Gasteiger partial charge in [0.15, 0.2) is 5.96 Å². The van der Waals surface area contributed by atoms with Crippen LogP contribution < -0.4 is 10.6 Å². The molecule has 1 aromatic heterocycles. The molecule has 2 N–H and O–H groups in total. The van der Waals surface area contributed by atoms with E-state index in [1.165, 1.54) is 0 Å². The van der Waals surface area contributed by atoms with Crippen LogP contribution in [0.15, 0.2) is 84.0 Å². The molecule has 7 heteroatoms. The van der Waals surface area contributed by atoms with Crippen LogP contribution in [0.1, 0.15) is 27.2 Å². The Kier molecular flexibility index (Phi) is 10.5. The Bertz CT molecular complexity index is 966. The quantitative estimate of drug-likeness (QED) is 0.200. The van der Waals surface area contributed by atoms with Crippen molar-refractivity contribution in [1.82, 2.24) is 15.6 Å². The van der Waals surface area contributed by atoms with Crippen LogP contribution in [-0.4, -0.2) is 30.5 Å². The largest absolute Gasteiger partial charge is 0.457 e. The number of rotatable bonds is 8. The summed E-state index contributed by atoms with van der Waals surface area (Å²) < 4.78 is 5.41. The lowest BCUT2D eigenvalue weighted by molar-refractivity contribution is 0.0472. The second-order valence-corrected chi connectivity index (χ2v) is 6.69. The molecule has 3 aromatic rings. The van der Waals surface area contributed by atoms with E-state index in [0.717, 1.165) is 29.8 Å². The van der Waals surface area contributed by atoms with Gasteiger partial charge in [0, 0.05) is 38.4 Å². The first-order valence-corrected chi connectivity index (χ1v) is 9.89. The number of aromatic nitrogens is 1. The number of nitrogens with zero attached hydrogens (tertiary/aromatic N) is 2. The van der Waals surface area contributed by atoms with E-state index in [-0.39, 0.29) is 36.6 Å². The summed E-state index contributed by atoms with van der Waals surface area (Å²) in [5.41, 5.74) is 3.49. The zero-order valence-corrected chi connectivity index (χ0v) is 19.8. The number of halogens is 1. The van der Waals surface area contributed by atoms with E-state index >= 15 is 0 Å². The highest BCUT2D eigenvalue weighted by Gasteiger charge is 2.08. The van der Waals surface area contributed by atoms with Crippen LogP contribution in [0.5, 0.6) is 0 Å². The van der Waals surface area contributed by atoms with Crippen molar-refractivity contribution < 1.29 is 9.53 Å². The van der Waals surface area contributed by atoms with Gasteiger partial charge in [0.05, 0.1) is 5.56 Å². The fourth-order valence-corrected chi connectivity index (χ4v) is 2.88. The number of nitrogens with one attached hydrogen (secondary N) is 2. The predicted octanol–water partition coefficient (Wildman–Crippen LogP) is 3.96. The second kappa shape index (κ2) is 13.4. The Hall–Kier alpha value is -2.94. The van der Waals surface area contributed by atoms with Crippen LogP contribution in [0.2, 0.25) is 0 Å². The van der Waals surface area contributed by atoms with Gasteiger partial charge in [0.25, 0.3) is 0 Å². The summed E-state index contributed by atoms with van der Waals surface area (Å²) in [5.74, 6) is 0.363. The Morgan fingerprint density at radius 3 is 2.48 bits per heavy atom. The smallest absolute Gasteiger partial charge is 0.338 e. The molecule has 162 valence electrons. The standard InChI is InChI=1S/C24H26N4O2.HI/c1-25-24(27-15-13-22-12-5-6-14-26-22)28-17-20-10-7-11-21(16-20)23(29)30-18-19-8-3-2-4-9-19;/h2-12,14,16H,13,15,17-18H2,1H3,(H2,25,27,28);1H. The average Bonchev–Trinajstić information content (AvgIpc) is 2.81. The molecule has 0 amide bonds. The zero-order chi connectivity index (χ0) is 21.0. The van der Waals surface area contributed by atoms with E-state index in [0.29, 0.717) is 18.1 Å². The van der Waals surface area contributed by atoms with Crippen LogP contribution >= 0.6 is 24.0 Å². The van der Waals surface area contributed by atoms with Crippen molar-refractivity contribution in [2.75, 3.05) is 13.6 Å². The normalized spacial score (nSPS) is 10.7. The fourth-order valence-electron chi connectivity index (χ4n) is 2.88. The molecular weight excluding hydrogens is 503 g/mol. The molecule has 0 aliphatic carbocycles. The lowest BCUT2D eigenvalue weighted by Gasteiger charge is -2.12. The Morgan fingerprint density at radius 2 is 1.74 bits per heavy atom. The van der Waals surface area contributed by atoms with Crippen molar-refractivity contribution in [1.29, 1.82) is 0 Å². The fraction of sp³-hybridized carbons (Fsp3) is 0.208. The Morgan fingerprint density at radius 1 is 0.968 bits per heavy atom. The lowest BCUT2D eigenvalue weighted by atomic mass is 10.1. The molecule has 0 spiro atoms. The van der Waals surface area contributed by atoms with Gasteiger partial charge < -0.3 is 15.4 Å². The van der Waals surface area contributed by atoms with Crippen molar-refractivity contribution in [3.05, 3.63) is 101 Å². The molecule has 1 heterocycles. The molecule has 2 aromatic carbocycles. The Labute approximate surface area is 200 Å². The maximum absolute atomic E-state index is 12.4. The van der Waals surface area contributed by atoms with Gasteiger partial charge >= 0.3 is 5.97 Å². The molecule has 0 aliphatic heterocycles. The number of hydrogen-bond donors (Lipinski definition) is 2. The van der Waals surface area contributed by atoms with Gasteiger partial charge in [-0.15, -0.1) is 24.0 Å². The van der Waals surface area contributed by atoms with Gasteiger partial charge in [0.1, 0.15) is 6.61 Å². The van der Waals surface area contributed by atoms with Crippen molar-refractivity contribution in [2.45, 2.75) is 19.6 Å². The zero-order valence-electron chi connectivity index (χ0n) is 17.5. The minimum atomic E-state index is -0.335. The first kappa shape index (κ1) is 24.3. The lowest BCUT2D eigenvalue weighted by Crippen LogP contribution is -2.37. The van der Waals surface area contributed by atoms with Gasteiger partial charge in [-0.1, -0.05) is 48.5 Å². The van der Waals surface area contributed by atoms with E-state index < -0.39 is 0 Å². The molecular formula is C24H27IN4O2. The molecule has 31 heavy (non-hydrogen) atoms. The third kappa shape index (κ3) is 8.37. The second-order valence-electron chi connectivity index (χ2n) is 6.69. The van der Waals surface area contributed by atoms with Crippen molar-refractivity contribution in [3.8, 4) is 0 Å². The number of benzene rings is 2. The first-order valence-electron chi connectivity index (χ1n) is 9.89. The number of guanidine groups is 1. The molecule has 0 aliphatic rings. The molecule has 0 radical (unpaired) electrons. The third-order valence-electron chi connectivity index (χ3n) is 4.46. The van der Waals surface area contributed by atoms with E-state index in [1.54, 1.807) is 19.3 Å². The minimum Gasteiger partial charge on any atom is -0.457 e. The SMILES string of the molecule is CN=C(NCCc1ccccn1)NCc1cccc(C(=O)OCc2ccccc2)c1.I. The molecule has 0 saturated heterocycles.